The number of ether oxygens (including phenoxy) is 1. The van der Waals surface area contributed by atoms with Crippen molar-refractivity contribution in [1.82, 2.24) is 10.2 Å². The van der Waals surface area contributed by atoms with Crippen molar-refractivity contribution in [1.29, 1.82) is 0 Å². The van der Waals surface area contributed by atoms with Gasteiger partial charge in [-0.25, -0.2) is 0 Å². The van der Waals surface area contributed by atoms with E-state index in [4.69, 9.17) is 4.74 Å². The Morgan fingerprint density at radius 2 is 1.59 bits per heavy atom. The Morgan fingerprint density at radius 1 is 0.969 bits per heavy atom. The highest BCUT2D eigenvalue weighted by atomic mass is 16.5. The lowest BCUT2D eigenvalue weighted by Crippen LogP contribution is -2.50. The number of nitrogens with zero attached hydrogens (tertiary/aromatic N) is 1. The van der Waals surface area contributed by atoms with Crippen molar-refractivity contribution in [2.24, 2.45) is 5.92 Å². The summed E-state index contributed by atoms with van der Waals surface area (Å²) in [5.74, 6) is 0.646. The second kappa shape index (κ2) is 11.7. The number of hydrogen-bond acceptors (Lipinski definition) is 3. The molecule has 0 fully saturated rings. The number of nitrogens with one attached hydrogen (secondary N) is 1. The largest absolute Gasteiger partial charge is 0.484 e. The van der Waals surface area contributed by atoms with Crippen LogP contribution in [0.1, 0.15) is 52.7 Å². The van der Waals surface area contributed by atoms with Gasteiger partial charge in [-0.1, -0.05) is 77.1 Å². The maximum absolute atomic E-state index is 13.1. The molecule has 0 radical (unpaired) electrons. The quantitative estimate of drug-likeness (QED) is 0.590. The monoisotopic (exact) mass is 438 g/mol. The van der Waals surface area contributed by atoms with Gasteiger partial charge < -0.3 is 15.0 Å². The fourth-order valence-corrected chi connectivity index (χ4v) is 3.30. The molecule has 5 nitrogen and oxygen atoms in total. The number of hydrogen-bond donors (Lipinski definition) is 1. The average molecular weight is 439 g/mol. The Hall–Kier alpha value is -2.82. The molecule has 0 heterocycles. The molecule has 174 valence electrons. The Morgan fingerprint density at radius 3 is 2.16 bits per heavy atom. The minimum Gasteiger partial charge on any atom is -0.484 e. The molecule has 0 aromatic heterocycles. The highest BCUT2D eigenvalue weighted by Gasteiger charge is 2.26. The summed E-state index contributed by atoms with van der Waals surface area (Å²) in [6.45, 7) is 13.3. The number of carbonyl (C=O) groups excluding carboxylic acids is 2. The van der Waals surface area contributed by atoms with Gasteiger partial charge in [-0.15, -0.1) is 0 Å². The Labute approximate surface area is 193 Å². The van der Waals surface area contributed by atoms with Crippen LogP contribution in [-0.4, -0.2) is 42.5 Å². The summed E-state index contributed by atoms with van der Waals surface area (Å²) >= 11 is 0. The van der Waals surface area contributed by atoms with Gasteiger partial charge in [-0.3, -0.25) is 9.59 Å². The molecular formula is C27H38N2O3. The van der Waals surface area contributed by atoms with Crippen LogP contribution in [0.15, 0.2) is 54.6 Å². The first kappa shape index (κ1) is 25.4. The van der Waals surface area contributed by atoms with Crippen LogP contribution < -0.4 is 10.1 Å². The third-order valence-corrected chi connectivity index (χ3v) is 5.42. The van der Waals surface area contributed by atoms with Gasteiger partial charge >= 0.3 is 0 Å². The lowest BCUT2D eigenvalue weighted by Gasteiger charge is -2.29. The summed E-state index contributed by atoms with van der Waals surface area (Å²) in [5.41, 5.74) is 2.39. The topological polar surface area (TPSA) is 58.6 Å². The zero-order valence-electron chi connectivity index (χ0n) is 20.4. The van der Waals surface area contributed by atoms with Crippen LogP contribution in [0.5, 0.6) is 5.75 Å². The molecule has 2 amide bonds. The molecule has 1 N–H and O–H groups in total. The Balaban J connectivity index is 2.05. The molecule has 0 aliphatic carbocycles. The zero-order valence-corrected chi connectivity index (χ0v) is 20.4. The summed E-state index contributed by atoms with van der Waals surface area (Å²) in [4.78, 5) is 27.4. The van der Waals surface area contributed by atoms with E-state index in [2.05, 4.69) is 26.1 Å². The predicted octanol–water partition coefficient (Wildman–Crippen LogP) is 4.59. The first-order valence-corrected chi connectivity index (χ1v) is 11.4. The van der Waals surface area contributed by atoms with E-state index >= 15 is 0 Å². The highest BCUT2D eigenvalue weighted by Crippen LogP contribution is 2.24. The number of rotatable bonds is 10. The standard InChI is InChI=1S/C27H38N2O3/c1-20(2)18-28-26(31)21(3)29(17-16-22-10-8-7-9-11-22)25(30)19-32-24-14-12-23(13-15-24)27(4,5)6/h7-15,20-21H,16-19H2,1-6H3,(H,28,31). The minimum atomic E-state index is -0.572. The van der Waals surface area contributed by atoms with E-state index in [-0.39, 0.29) is 23.8 Å². The van der Waals surface area contributed by atoms with Gasteiger partial charge in [0.05, 0.1) is 0 Å². The third kappa shape index (κ3) is 8.03. The second-order valence-electron chi connectivity index (χ2n) is 9.70. The van der Waals surface area contributed by atoms with Gasteiger partial charge in [0, 0.05) is 13.1 Å². The van der Waals surface area contributed by atoms with Gasteiger partial charge in [-0.2, -0.15) is 0 Å². The van der Waals surface area contributed by atoms with Crippen LogP contribution in [-0.2, 0) is 21.4 Å². The predicted molar refractivity (Wildman–Crippen MR) is 130 cm³/mol. The van der Waals surface area contributed by atoms with Gasteiger partial charge in [0.2, 0.25) is 5.91 Å². The summed E-state index contributed by atoms with van der Waals surface area (Å²) in [5, 5.41) is 2.94. The highest BCUT2D eigenvalue weighted by molar-refractivity contribution is 5.88. The van der Waals surface area contributed by atoms with Crippen LogP contribution in [0.25, 0.3) is 0 Å². The van der Waals surface area contributed by atoms with Crippen LogP contribution >= 0.6 is 0 Å². The number of amides is 2. The molecule has 2 aromatic carbocycles. The fraction of sp³-hybridized carbons (Fsp3) is 0.481. The summed E-state index contributed by atoms with van der Waals surface area (Å²) in [6, 6.07) is 17.2. The smallest absolute Gasteiger partial charge is 0.261 e. The van der Waals surface area contributed by atoms with Crippen LogP contribution in [0.3, 0.4) is 0 Å². The molecule has 1 unspecified atom stereocenters. The normalized spacial score (nSPS) is 12.3. The molecule has 0 saturated carbocycles. The third-order valence-electron chi connectivity index (χ3n) is 5.42. The molecule has 5 heteroatoms. The molecule has 2 rings (SSSR count). The van der Waals surface area contributed by atoms with E-state index in [1.54, 1.807) is 11.8 Å². The van der Waals surface area contributed by atoms with Crippen LogP contribution in [0.4, 0.5) is 0 Å². The molecule has 0 saturated heterocycles. The van der Waals surface area contributed by atoms with E-state index in [1.165, 1.54) is 5.56 Å². The second-order valence-corrected chi connectivity index (χ2v) is 9.70. The van der Waals surface area contributed by atoms with Crippen molar-refractivity contribution >= 4 is 11.8 Å². The molecule has 32 heavy (non-hydrogen) atoms. The van der Waals surface area contributed by atoms with Crippen molar-refractivity contribution in [3.05, 3.63) is 65.7 Å². The summed E-state index contributed by atoms with van der Waals surface area (Å²) < 4.78 is 5.77. The van der Waals surface area contributed by atoms with Crippen molar-refractivity contribution in [2.75, 3.05) is 19.7 Å². The number of carbonyl (C=O) groups is 2. The summed E-state index contributed by atoms with van der Waals surface area (Å²) in [7, 11) is 0. The van der Waals surface area contributed by atoms with Gasteiger partial charge in [-0.05, 0) is 47.9 Å². The zero-order chi connectivity index (χ0) is 23.7. The SMILES string of the molecule is CC(C)CNC(=O)C(C)N(CCc1ccccc1)C(=O)COc1ccc(C(C)(C)C)cc1. The van der Waals surface area contributed by atoms with Crippen LogP contribution in [0, 0.1) is 5.92 Å². The first-order chi connectivity index (χ1) is 15.1. The Bertz CT molecular complexity index is 855. The lowest BCUT2D eigenvalue weighted by atomic mass is 9.87. The van der Waals surface area contributed by atoms with E-state index in [0.717, 1.165) is 5.56 Å². The van der Waals surface area contributed by atoms with Gasteiger partial charge in [0.15, 0.2) is 6.61 Å². The maximum Gasteiger partial charge on any atom is 0.261 e. The van der Waals surface area contributed by atoms with Gasteiger partial charge in [0.1, 0.15) is 11.8 Å². The van der Waals surface area contributed by atoms with Crippen molar-refractivity contribution in [3.63, 3.8) is 0 Å². The van der Waals surface area contributed by atoms with Crippen molar-refractivity contribution in [3.8, 4) is 5.75 Å². The van der Waals surface area contributed by atoms with Gasteiger partial charge in [0.25, 0.3) is 5.91 Å². The molecule has 0 aliphatic heterocycles. The molecule has 0 aliphatic rings. The first-order valence-electron chi connectivity index (χ1n) is 11.4. The van der Waals surface area contributed by atoms with E-state index < -0.39 is 6.04 Å². The minimum absolute atomic E-state index is 0.0569. The maximum atomic E-state index is 13.1. The molecule has 2 aromatic rings. The molecular weight excluding hydrogens is 400 g/mol. The van der Waals surface area contributed by atoms with E-state index in [0.29, 0.717) is 31.2 Å². The average Bonchev–Trinajstić information content (AvgIpc) is 2.76. The van der Waals surface area contributed by atoms with E-state index in [1.807, 2.05) is 68.4 Å². The Kier molecular flexibility index (Phi) is 9.30. The molecule has 0 spiro atoms. The van der Waals surface area contributed by atoms with Crippen molar-refractivity contribution < 1.29 is 14.3 Å². The lowest BCUT2D eigenvalue weighted by molar-refractivity contribution is -0.141. The molecule has 1 atom stereocenters. The number of benzene rings is 2. The van der Waals surface area contributed by atoms with Crippen LogP contribution in [0.2, 0.25) is 0 Å². The summed E-state index contributed by atoms with van der Waals surface area (Å²) in [6.07, 6.45) is 0.675. The molecule has 0 bridgehead atoms. The fourth-order valence-electron chi connectivity index (χ4n) is 3.30. The van der Waals surface area contributed by atoms with Crippen molar-refractivity contribution in [2.45, 2.75) is 59.4 Å². The van der Waals surface area contributed by atoms with E-state index in [9.17, 15) is 9.59 Å².